The minimum absolute atomic E-state index is 0.0272. The van der Waals surface area contributed by atoms with Crippen molar-refractivity contribution in [2.75, 3.05) is 45.2 Å². The molecular formula is C19H31N3O4. The van der Waals surface area contributed by atoms with Crippen LogP contribution in [0.15, 0.2) is 18.2 Å². The molecular weight excluding hydrogens is 334 g/mol. The van der Waals surface area contributed by atoms with E-state index in [9.17, 15) is 4.79 Å². The van der Waals surface area contributed by atoms with E-state index in [1.807, 2.05) is 0 Å². The second-order valence-corrected chi connectivity index (χ2v) is 6.29. The van der Waals surface area contributed by atoms with Gasteiger partial charge in [0.25, 0.3) is 5.91 Å². The van der Waals surface area contributed by atoms with Gasteiger partial charge in [0.2, 0.25) is 0 Å². The number of amides is 1. The lowest BCUT2D eigenvalue weighted by Gasteiger charge is -2.19. The van der Waals surface area contributed by atoms with Gasteiger partial charge in [0.1, 0.15) is 12.7 Å². The molecule has 2 atom stereocenters. The lowest BCUT2D eigenvalue weighted by molar-refractivity contribution is -0.126. The minimum Gasteiger partial charge on any atom is -0.493 e. The van der Waals surface area contributed by atoms with Crippen LogP contribution in [0.1, 0.15) is 26.7 Å². The van der Waals surface area contributed by atoms with E-state index in [2.05, 4.69) is 24.1 Å². The molecule has 0 aliphatic carbocycles. The third kappa shape index (κ3) is 5.59. The molecule has 1 saturated heterocycles. The summed E-state index contributed by atoms with van der Waals surface area (Å²) in [6.07, 6.45) is 1.03. The van der Waals surface area contributed by atoms with Crippen LogP contribution in [0, 0.1) is 0 Å². The number of carbonyl (C=O) groups is 1. The van der Waals surface area contributed by atoms with E-state index in [0.29, 0.717) is 36.8 Å². The van der Waals surface area contributed by atoms with Gasteiger partial charge in [-0.3, -0.25) is 4.79 Å². The van der Waals surface area contributed by atoms with E-state index in [-0.39, 0.29) is 12.0 Å². The Morgan fingerprint density at radius 1 is 1.31 bits per heavy atom. The number of hydrogen-bond acceptors (Lipinski definition) is 6. The zero-order chi connectivity index (χ0) is 18.9. The molecule has 146 valence electrons. The van der Waals surface area contributed by atoms with Crippen molar-refractivity contribution < 1.29 is 19.0 Å². The highest BCUT2D eigenvalue weighted by Gasteiger charge is 2.29. The summed E-state index contributed by atoms with van der Waals surface area (Å²) in [6, 6.07) is 5.37. The van der Waals surface area contributed by atoms with Crippen LogP contribution in [0.3, 0.4) is 0 Å². The van der Waals surface area contributed by atoms with E-state index < -0.39 is 6.10 Å². The molecule has 1 aliphatic rings. The number of rotatable bonds is 10. The van der Waals surface area contributed by atoms with Gasteiger partial charge in [-0.25, -0.2) is 0 Å². The standard InChI is InChI=1S/C19H31N3O4/c1-4-22(5-2)10-11-25-18-12-14(6-8-16(18)24-3)21-19(23)17-9-7-15(13-20)26-17/h6,8,12,15,17H,4-5,7,9-11,13,20H2,1-3H3,(H,21,23)/t15-,17+/m1/s1. The zero-order valence-corrected chi connectivity index (χ0v) is 16.0. The Morgan fingerprint density at radius 2 is 2.08 bits per heavy atom. The molecule has 7 nitrogen and oxygen atoms in total. The molecule has 0 aromatic heterocycles. The fourth-order valence-electron chi connectivity index (χ4n) is 2.99. The molecule has 0 bridgehead atoms. The van der Waals surface area contributed by atoms with Crippen LogP contribution in [-0.4, -0.2) is 62.9 Å². The van der Waals surface area contributed by atoms with Crippen molar-refractivity contribution in [1.82, 2.24) is 4.90 Å². The van der Waals surface area contributed by atoms with Crippen molar-refractivity contribution in [3.8, 4) is 11.5 Å². The number of ether oxygens (including phenoxy) is 3. The highest BCUT2D eigenvalue weighted by atomic mass is 16.5. The van der Waals surface area contributed by atoms with Gasteiger partial charge in [0.05, 0.1) is 13.2 Å². The molecule has 1 aliphatic heterocycles. The third-order valence-corrected chi connectivity index (χ3v) is 4.65. The summed E-state index contributed by atoms with van der Waals surface area (Å²) in [4.78, 5) is 14.6. The fraction of sp³-hybridized carbons (Fsp3) is 0.632. The van der Waals surface area contributed by atoms with E-state index in [1.165, 1.54) is 0 Å². The maximum absolute atomic E-state index is 12.4. The van der Waals surface area contributed by atoms with Crippen LogP contribution < -0.4 is 20.5 Å². The molecule has 7 heteroatoms. The summed E-state index contributed by atoms with van der Waals surface area (Å²) in [5.74, 6) is 1.10. The predicted octanol–water partition coefficient (Wildman–Crippen LogP) is 1.86. The Hall–Kier alpha value is -1.83. The van der Waals surface area contributed by atoms with E-state index >= 15 is 0 Å². The van der Waals surface area contributed by atoms with Crippen LogP contribution in [0.5, 0.6) is 11.5 Å². The third-order valence-electron chi connectivity index (χ3n) is 4.65. The van der Waals surface area contributed by atoms with Crippen molar-refractivity contribution in [3.63, 3.8) is 0 Å². The average Bonchev–Trinajstić information content (AvgIpc) is 3.15. The molecule has 1 heterocycles. The van der Waals surface area contributed by atoms with Gasteiger partial charge < -0.3 is 30.2 Å². The van der Waals surface area contributed by atoms with Crippen LogP contribution in [0.2, 0.25) is 0 Å². The first kappa shape index (κ1) is 20.5. The number of anilines is 1. The van der Waals surface area contributed by atoms with Gasteiger partial charge >= 0.3 is 0 Å². The summed E-state index contributed by atoms with van der Waals surface area (Å²) in [5, 5.41) is 2.89. The SMILES string of the molecule is CCN(CC)CCOc1cc(NC(=O)[C@@H]2CC[C@H](CN)O2)ccc1OC. The molecule has 0 radical (unpaired) electrons. The minimum atomic E-state index is -0.447. The maximum Gasteiger partial charge on any atom is 0.253 e. The Labute approximate surface area is 155 Å². The highest BCUT2D eigenvalue weighted by Crippen LogP contribution is 2.30. The van der Waals surface area contributed by atoms with Crippen molar-refractivity contribution >= 4 is 11.6 Å². The fourth-order valence-corrected chi connectivity index (χ4v) is 2.99. The lowest BCUT2D eigenvalue weighted by Crippen LogP contribution is -2.29. The number of carbonyl (C=O) groups excluding carboxylic acids is 1. The van der Waals surface area contributed by atoms with E-state index in [0.717, 1.165) is 26.1 Å². The molecule has 1 aromatic carbocycles. The largest absolute Gasteiger partial charge is 0.493 e. The molecule has 1 amide bonds. The van der Waals surface area contributed by atoms with Crippen molar-refractivity contribution in [2.24, 2.45) is 5.73 Å². The van der Waals surface area contributed by atoms with Gasteiger partial charge in [-0.2, -0.15) is 0 Å². The molecule has 1 fully saturated rings. The van der Waals surface area contributed by atoms with Gasteiger partial charge in [-0.05, 0) is 38.1 Å². The number of nitrogens with zero attached hydrogens (tertiary/aromatic N) is 1. The van der Waals surface area contributed by atoms with Crippen LogP contribution >= 0.6 is 0 Å². The summed E-state index contributed by atoms with van der Waals surface area (Å²) < 4.78 is 16.9. The van der Waals surface area contributed by atoms with E-state index in [1.54, 1.807) is 25.3 Å². The first-order valence-corrected chi connectivity index (χ1v) is 9.30. The lowest BCUT2D eigenvalue weighted by atomic mass is 10.2. The van der Waals surface area contributed by atoms with Gasteiger partial charge in [-0.1, -0.05) is 13.8 Å². The van der Waals surface area contributed by atoms with Crippen molar-refractivity contribution in [2.45, 2.75) is 38.9 Å². The van der Waals surface area contributed by atoms with Gasteiger partial charge in [0.15, 0.2) is 11.5 Å². The first-order valence-electron chi connectivity index (χ1n) is 9.30. The molecule has 0 spiro atoms. The Bertz CT molecular complexity index is 578. The van der Waals surface area contributed by atoms with Crippen LogP contribution in [-0.2, 0) is 9.53 Å². The topological polar surface area (TPSA) is 86.1 Å². The zero-order valence-electron chi connectivity index (χ0n) is 16.0. The Balaban J connectivity index is 1.96. The smallest absolute Gasteiger partial charge is 0.253 e. The molecule has 0 saturated carbocycles. The van der Waals surface area contributed by atoms with Crippen molar-refractivity contribution in [1.29, 1.82) is 0 Å². The number of likely N-dealkylation sites (N-methyl/N-ethyl adjacent to an activating group) is 1. The molecule has 2 rings (SSSR count). The second-order valence-electron chi connectivity index (χ2n) is 6.29. The molecule has 0 unspecified atom stereocenters. The highest BCUT2D eigenvalue weighted by molar-refractivity contribution is 5.94. The maximum atomic E-state index is 12.4. The first-order chi connectivity index (χ1) is 12.6. The number of methoxy groups -OCH3 is 1. The predicted molar refractivity (Wildman–Crippen MR) is 102 cm³/mol. The second kappa shape index (κ2) is 10.4. The summed E-state index contributed by atoms with van der Waals surface area (Å²) >= 11 is 0. The summed E-state index contributed by atoms with van der Waals surface area (Å²) in [5.41, 5.74) is 6.26. The van der Waals surface area contributed by atoms with E-state index in [4.69, 9.17) is 19.9 Å². The monoisotopic (exact) mass is 365 g/mol. The Kier molecular flexibility index (Phi) is 8.15. The number of benzene rings is 1. The summed E-state index contributed by atoms with van der Waals surface area (Å²) in [6.45, 7) is 8.05. The summed E-state index contributed by atoms with van der Waals surface area (Å²) in [7, 11) is 1.60. The van der Waals surface area contributed by atoms with Crippen LogP contribution in [0.4, 0.5) is 5.69 Å². The quantitative estimate of drug-likeness (QED) is 0.658. The van der Waals surface area contributed by atoms with Crippen LogP contribution in [0.25, 0.3) is 0 Å². The Morgan fingerprint density at radius 3 is 2.69 bits per heavy atom. The van der Waals surface area contributed by atoms with Crippen molar-refractivity contribution in [3.05, 3.63) is 18.2 Å². The molecule has 26 heavy (non-hydrogen) atoms. The number of nitrogens with two attached hydrogens (primary N) is 1. The normalized spacial score (nSPS) is 19.6. The molecule has 3 N–H and O–H groups in total. The van der Waals surface area contributed by atoms with Gasteiger partial charge in [-0.15, -0.1) is 0 Å². The average molecular weight is 365 g/mol. The molecule has 1 aromatic rings. The number of hydrogen-bond donors (Lipinski definition) is 2. The number of nitrogens with one attached hydrogen (secondary N) is 1. The van der Waals surface area contributed by atoms with Gasteiger partial charge in [0, 0.05) is 24.8 Å².